The van der Waals surface area contributed by atoms with E-state index in [0.29, 0.717) is 68.4 Å². The van der Waals surface area contributed by atoms with E-state index in [1.165, 1.54) is 11.0 Å². The summed E-state index contributed by atoms with van der Waals surface area (Å²) in [5.41, 5.74) is 32.8. The van der Waals surface area contributed by atoms with Gasteiger partial charge in [0.2, 0.25) is 47.3 Å². The van der Waals surface area contributed by atoms with Crippen LogP contribution in [-0.2, 0) is 75.4 Å². The number of hydrogen-bond donors (Lipinski definition) is 16. The van der Waals surface area contributed by atoms with E-state index >= 15 is 4.79 Å². The van der Waals surface area contributed by atoms with Crippen molar-refractivity contribution in [2.24, 2.45) is 39.6 Å². The maximum absolute atomic E-state index is 15.0. The van der Waals surface area contributed by atoms with Crippen LogP contribution in [0.5, 0.6) is 0 Å². The lowest BCUT2D eigenvalue weighted by molar-refractivity contribution is -0.142. The van der Waals surface area contributed by atoms with Crippen molar-refractivity contribution in [2.45, 2.75) is 153 Å². The van der Waals surface area contributed by atoms with Gasteiger partial charge in [0, 0.05) is 91.1 Å². The smallest absolute Gasteiger partial charge is 0.326 e. The Labute approximate surface area is 513 Å². The number of benzene rings is 2. The molecule has 89 heavy (non-hydrogen) atoms. The van der Waals surface area contributed by atoms with E-state index in [2.05, 4.69) is 72.5 Å². The van der Waals surface area contributed by atoms with E-state index in [1.807, 2.05) is 62.4 Å². The third kappa shape index (κ3) is 22.2. The second kappa shape index (κ2) is 34.6. The molecule has 2 aromatic carbocycles. The number of para-hydroxylation sites is 2. The molecule has 30 nitrogen and oxygen atoms in total. The number of hydrogen-bond acceptors (Lipinski definition) is 15. The van der Waals surface area contributed by atoms with Crippen molar-refractivity contribution >= 4 is 81.0 Å². The Bertz CT molecular complexity index is 3350. The molecule has 480 valence electrons. The van der Waals surface area contributed by atoms with Gasteiger partial charge in [0.05, 0.1) is 24.6 Å². The van der Waals surface area contributed by atoms with E-state index in [-0.39, 0.29) is 82.2 Å². The summed E-state index contributed by atoms with van der Waals surface area (Å²) in [6.07, 6.45) is 10.8. The van der Waals surface area contributed by atoms with Gasteiger partial charge in [0.25, 0.3) is 0 Å². The highest BCUT2D eigenvalue weighted by atomic mass is 16.4. The fourth-order valence-electron chi connectivity index (χ4n) is 10.0. The van der Waals surface area contributed by atoms with Gasteiger partial charge in [0.1, 0.15) is 36.3 Å². The Balaban J connectivity index is 1.13. The minimum Gasteiger partial charge on any atom is -0.480 e. The fourth-order valence-corrected chi connectivity index (χ4v) is 10.0. The number of carbonyl (C=O) groups is 9. The van der Waals surface area contributed by atoms with E-state index in [1.54, 1.807) is 24.8 Å². The van der Waals surface area contributed by atoms with Gasteiger partial charge in [-0.15, -0.1) is 5.10 Å². The van der Waals surface area contributed by atoms with E-state index in [9.17, 15) is 43.5 Å². The number of fused-ring (bicyclic) bond motifs is 2. The van der Waals surface area contributed by atoms with Gasteiger partial charge >= 0.3 is 5.97 Å². The van der Waals surface area contributed by atoms with Gasteiger partial charge in [-0.05, 0) is 99.9 Å². The average molecular weight is 1230 g/mol. The Morgan fingerprint density at radius 3 is 1.79 bits per heavy atom. The Morgan fingerprint density at radius 1 is 0.640 bits per heavy atom. The zero-order valence-corrected chi connectivity index (χ0v) is 50.1. The van der Waals surface area contributed by atoms with Crippen LogP contribution in [0.25, 0.3) is 21.8 Å². The molecule has 30 heteroatoms. The monoisotopic (exact) mass is 1230 g/mol. The highest BCUT2D eigenvalue weighted by molar-refractivity contribution is 5.98. The molecule has 0 spiro atoms. The Hall–Kier alpha value is -9.71. The predicted molar refractivity (Wildman–Crippen MR) is 330 cm³/mol. The number of unbranched alkanes of at least 4 members (excludes halogenated alkanes) is 2. The van der Waals surface area contributed by atoms with Crippen LogP contribution in [0.4, 0.5) is 0 Å². The van der Waals surface area contributed by atoms with E-state index in [4.69, 9.17) is 28.7 Å². The molecule has 0 unspecified atom stereocenters. The molecular formula is C59H84N20O10. The summed E-state index contributed by atoms with van der Waals surface area (Å²) in [4.78, 5) is 139. The van der Waals surface area contributed by atoms with Crippen molar-refractivity contribution in [3.05, 3.63) is 102 Å². The first-order valence-electron chi connectivity index (χ1n) is 29.7. The number of aliphatic carboxylic acids is 1. The fraction of sp³-hybridized carbons (Fsp3) is 0.475. The molecule has 0 bridgehead atoms. The molecule has 8 amide bonds. The number of nitrogens with zero attached hydrogens (tertiary/aromatic N) is 5. The quantitative estimate of drug-likeness (QED) is 0.0124. The van der Waals surface area contributed by atoms with E-state index in [0.717, 1.165) is 27.5 Å². The number of aromatic amines is 3. The average Bonchev–Trinajstić information content (AvgIpc) is 2.01. The lowest BCUT2D eigenvalue weighted by Crippen LogP contribution is -2.60. The van der Waals surface area contributed by atoms with Crippen molar-refractivity contribution in [1.82, 2.24) is 72.1 Å². The number of nitrogens with one attached hydrogen (secondary N) is 10. The van der Waals surface area contributed by atoms with Crippen molar-refractivity contribution < 1.29 is 48.3 Å². The largest absolute Gasteiger partial charge is 0.480 e. The molecule has 0 radical (unpaired) electrons. The predicted octanol–water partition coefficient (Wildman–Crippen LogP) is -1.05. The van der Waals surface area contributed by atoms with Crippen LogP contribution in [0, 0.1) is 5.92 Å². The molecule has 0 saturated heterocycles. The molecule has 0 aliphatic carbocycles. The summed E-state index contributed by atoms with van der Waals surface area (Å²) in [5, 5.41) is 38.5. The summed E-state index contributed by atoms with van der Waals surface area (Å²) >= 11 is 0. The van der Waals surface area contributed by atoms with Crippen LogP contribution >= 0.6 is 0 Å². The number of imidazole rings is 1. The van der Waals surface area contributed by atoms with Crippen LogP contribution in [0.1, 0.15) is 101 Å². The molecule has 21 N–H and O–H groups in total. The van der Waals surface area contributed by atoms with Gasteiger partial charge in [0.15, 0.2) is 5.96 Å². The molecule has 6 rings (SSSR count). The molecule has 0 fully saturated rings. The molecule has 0 aliphatic rings. The first-order valence-corrected chi connectivity index (χ1v) is 29.7. The van der Waals surface area contributed by atoms with Gasteiger partial charge in [-0.1, -0.05) is 55.5 Å². The first kappa shape index (κ1) is 68.4. The van der Waals surface area contributed by atoms with Gasteiger partial charge in [-0.3, -0.25) is 48.0 Å². The van der Waals surface area contributed by atoms with Gasteiger partial charge in [-0.25, -0.2) is 9.78 Å². The lowest BCUT2D eigenvalue weighted by atomic mass is 9.99. The molecule has 0 saturated carbocycles. The maximum atomic E-state index is 15.0. The van der Waals surface area contributed by atoms with Gasteiger partial charge < -0.3 is 85.9 Å². The van der Waals surface area contributed by atoms with Crippen LogP contribution < -0.4 is 65.9 Å². The maximum Gasteiger partial charge on any atom is 0.326 e. The number of H-pyrrole nitrogens is 3. The van der Waals surface area contributed by atoms with Crippen molar-refractivity contribution in [1.29, 1.82) is 0 Å². The van der Waals surface area contributed by atoms with Crippen LogP contribution in [0.15, 0.2) is 84.6 Å². The molecule has 0 aliphatic heterocycles. The topological polar surface area (TPSA) is 491 Å². The number of aliphatic imine (C=N–C) groups is 1. The summed E-state index contributed by atoms with van der Waals surface area (Å²) in [6, 6.07) is 6.09. The standard InChI is InChI=1S/C59H84N20O10/c1-34(2)24-47(55(85)72-44(52(62)82)18-11-22-66-59(63)64)74-56(86)49(26-36-29-68-43-15-6-4-13-40(36)43)76-57(87)48(25-35-28-67-42-14-5-3-12-39(35)42)75-54(84)45(16-7-9-21-60)73-53(83)41(61)27-38-32-79(78-77-38)23-10-8-17-46(58(88)89)71-51(81)31-69-50(80)20-19-37-30-65-33-70-37/h3-6,12-15,28-30,32-34,41,44-49,67-68H,7-11,16-27,31,60-61H2,1-2H3,(H2,62,82)(H,65,70)(H,69,80)(H,71,81)(H,72,85)(H,73,83)(H,74,86)(H,75,84)(H,76,87)(H,88,89)(H4,63,64,66)/t41-,44-,45-,46+,47-,48-,49-/m1/s1. The van der Waals surface area contributed by atoms with Crippen LogP contribution in [0.2, 0.25) is 0 Å². The summed E-state index contributed by atoms with van der Waals surface area (Å²) in [7, 11) is 0. The summed E-state index contributed by atoms with van der Waals surface area (Å²) in [5.74, 6) is -6.97. The van der Waals surface area contributed by atoms with Crippen molar-refractivity contribution in [2.75, 3.05) is 19.6 Å². The summed E-state index contributed by atoms with van der Waals surface area (Å²) in [6.45, 7) is 4.09. The minimum absolute atomic E-state index is 0.0723. The minimum atomic E-state index is -1.36. The number of aromatic nitrogens is 7. The van der Waals surface area contributed by atoms with Crippen molar-refractivity contribution in [3.8, 4) is 0 Å². The highest BCUT2D eigenvalue weighted by Gasteiger charge is 2.34. The Kier molecular flexibility index (Phi) is 26.6. The molecule has 6 aromatic rings. The zero-order valence-electron chi connectivity index (χ0n) is 50.1. The number of primary amides is 1. The van der Waals surface area contributed by atoms with Gasteiger partial charge in [-0.2, -0.15) is 0 Å². The normalized spacial score (nSPS) is 13.7. The van der Waals surface area contributed by atoms with Crippen LogP contribution in [0.3, 0.4) is 0 Å². The number of carboxylic acids is 1. The van der Waals surface area contributed by atoms with E-state index < -0.39 is 89.6 Å². The highest BCUT2D eigenvalue weighted by Crippen LogP contribution is 2.22. The van der Waals surface area contributed by atoms with Crippen LogP contribution in [-0.4, -0.2) is 161 Å². The molecular weight excluding hydrogens is 1150 g/mol. The number of aryl methyl sites for hydroxylation is 2. The third-order valence-corrected chi connectivity index (χ3v) is 14.7. The number of carbonyl (C=O) groups excluding carboxylic acids is 8. The number of amides is 8. The second-order valence-corrected chi connectivity index (χ2v) is 22.3. The molecule has 7 atom stereocenters. The molecule has 4 heterocycles. The Morgan fingerprint density at radius 2 is 1.20 bits per heavy atom. The van der Waals surface area contributed by atoms with Crippen molar-refractivity contribution in [3.63, 3.8) is 0 Å². The zero-order chi connectivity index (χ0) is 64.4. The second-order valence-electron chi connectivity index (χ2n) is 22.3. The third-order valence-electron chi connectivity index (χ3n) is 14.7. The number of rotatable bonds is 39. The lowest BCUT2D eigenvalue weighted by Gasteiger charge is -2.28. The molecule has 4 aromatic heterocycles. The summed E-state index contributed by atoms with van der Waals surface area (Å²) < 4.78 is 1.51. The number of guanidine groups is 1. The number of nitrogens with two attached hydrogens (primary N) is 5. The number of carboxylic acid groups (broad SMARTS) is 1. The SMILES string of the molecule is CC(C)C[C@@H](NC(=O)[C@@H](Cc1c[nH]c2ccccc12)NC(=O)[C@@H](Cc1c[nH]c2ccccc12)NC(=O)[C@@H](CCCCN)NC(=O)[C@H](N)Cc1cn(CCCC[C@H](NC(=O)CNC(=O)CCc2cnc[nH]2)C(=O)O)nn1)C(=O)N[C@H](CCCN=C(N)N)C(N)=O. The first-order chi connectivity index (χ1) is 42.7.